The van der Waals surface area contributed by atoms with Crippen molar-refractivity contribution in [3.05, 3.63) is 71.8 Å². The predicted octanol–water partition coefficient (Wildman–Crippen LogP) is 4.27. The summed E-state index contributed by atoms with van der Waals surface area (Å²) in [5.74, 6) is 0.192. The van der Waals surface area contributed by atoms with Crippen molar-refractivity contribution in [2.45, 2.75) is 25.4 Å². The molecule has 1 heterocycles. The fourth-order valence-corrected chi connectivity index (χ4v) is 3.59. The molecule has 0 saturated carbocycles. The highest BCUT2D eigenvalue weighted by molar-refractivity contribution is 5.88. The van der Waals surface area contributed by atoms with Crippen molar-refractivity contribution in [2.24, 2.45) is 11.1 Å². The average molecular weight is 294 g/mol. The highest BCUT2D eigenvalue weighted by Crippen LogP contribution is 2.42. The Labute approximate surface area is 131 Å². The van der Waals surface area contributed by atoms with Crippen molar-refractivity contribution in [1.82, 2.24) is 4.90 Å². The van der Waals surface area contributed by atoms with E-state index in [0.717, 1.165) is 12.1 Å². The zero-order valence-corrected chi connectivity index (χ0v) is 13.1. The van der Waals surface area contributed by atoms with Gasteiger partial charge in [0.2, 0.25) is 0 Å². The third kappa shape index (κ3) is 2.64. The van der Waals surface area contributed by atoms with E-state index in [1.807, 2.05) is 12.1 Å². The number of nitrogens with zero attached hydrogens (tertiary/aromatic N) is 2. The Balaban J connectivity index is 2.01. The molecule has 3 atom stereocenters. The Bertz CT molecular complexity index is 639. The van der Waals surface area contributed by atoms with E-state index < -0.39 is 0 Å². The molecule has 1 aliphatic heterocycles. The molecule has 0 aromatic heterocycles. The number of piperidine rings is 1. The molecule has 3 nitrogen and oxygen atoms in total. The zero-order chi connectivity index (χ0) is 15.5. The summed E-state index contributed by atoms with van der Waals surface area (Å²) < 4.78 is 0. The number of benzene rings is 2. The van der Waals surface area contributed by atoms with Crippen LogP contribution in [0.2, 0.25) is 0 Å². The molecule has 1 fully saturated rings. The van der Waals surface area contributed by atoms with E-state index in [2.05, 4.69) is 72.6 Å². The van der Waals surface area contributed by atoms with Crippen molar-refractivity contribution in [1.29, 1.82) is 0 Å². The van der Waals surface area contributed by atoms with Gasteiger partial charge in [0, 0.05) is 24.4 Å². The van der Waals surface area contributed by atoms with Crippen LogP contribution in [0.3, 0.4) is 0 Å². The first kappa shape index (κ1) is 14.8. The van der Waals surface area contributed by atoms with Crippen LogP contribution < -0.4 is 0 Å². The van der Waals surface area contributed by atoms with E-state index in [-0.39, 0.29) is 18.0 Å². The first-order valence-corrected chi connectivity index (χ1v) is 7.75. The van der Waals surface area contributed by atoms with Crippen LogP contribution in [0.5, 0.6) is 0 Å². The summed E-state index contributed by atoms with van der Waals surface area (Å²) in [5, 5.41) is 13.1. The van der Waals surface area contributed by atoms with Gasteiger partial charge in [0.15, 0.2) is 0 Å². The first-order chi connectivity index (χ1) is 10.7. The van der Waals surface area contributed by atoms with E-state index in [1.54, 1.807) is 0 Å². The summed E-state index contributed by atoms with van der Waals surface area (Å²) >= 11 is 0. The fourth-order valence-electron chi connectivity index (χ4n) is 3.59. The Kier molecular flexibility index (Phi) is 4.25. The third-order valence-electron chi connectivity index (χ3n) is 4.79. The standard InChI is InChI=1S/C19H22N2O/c1-14-17(20-22)13-18(15-9-5-3-6-10-15)21(2)19(14)16-11-7-4-8-12-16/h3-12,14,18-19,22H,13H2,1-2H3/b20-17+/t14-,18+,19+/m1/s1. The summed E-state index contributed by atoms with van der Waals surface area (Å²) in [4.78, 5) is 2.41. The van der Waals surface area contributed by atoms with Crippen molar-refractivity contribution in [2.75, 3.05) is 7.05 Å². The molecule has 3 rings (SSSR count). The highest BCUT2D eigenvalue weighted by atomic mass is 16.4. The summed E-state index contributed by atoms with van der Waals surface area (Å²) in [6.45, 7) is 2.14. The topological polar surface area (TPSA) is 35.8 Å². The van der Waals surface area contributed by atoms with Crippen LogP contribution in [0.1, 0.15) is 36.6 Å². The molecule has 0 unspecified atom stereocenters. The Morgan fingerprint density at radius 1 is 0.955 bits per heavy atom. The van der Waals surface area contributed by atoms with Gasteiger partial charge < -0.3 is 5.21 Å². The lowest BCUT2D eigenvalue weighted by Gasteiger charge is -2.44. The second kappa shape index (κ2) is 6.32. The highest BCUT2D eigenvalue weighted by Gasteiger charge is 2.38. The van der Waals surface area contributed by atoms with Crippen molar-refractivity contribution >= 4 is 5.71 Å². The molecular weight excluding hydrogens is 272 g/mol. The first-order valence-electron chi connectivity index (χ1n) is 7.75. The fraction of sp³-hybridized carbons (Fsp3) is 0.316. The van der Waals surface area contributed by atoms with Crippen LogP contribution >= 0.6 is 0 Å². The zero-order valence-electron chi connectivity index (χ0n) is 13.1. The molecule has 0 amide bonds. The van der Waals surface area contributed by atoms with Gasteiger partial charge in [-0.05, 0) is 18.2 Å². The molecule has 0 radical (unpaired) electrons. The Morgan fingerprint density at radius 3 is 2.05 bits per heavy atom. The number of rotatable bonds is 2. The number of hydrogen-bond donors (Lipinski definition) is 1. The number of hydrogen-bond acceptors (Lipinski definition) is 3. The summed E-state index contributed by atoms with van der Waals surface area (Å²) in [6, 6.07) is 21.4. The maximum absolute atomic E-state index is 9.45. The van der Waals surface area contributed by atoms with Gasteiger partial charge in [0.1, 0.15) is 0 Å². The predicted molar refractivity (Wildman–Crippen MR) is 89.1 cm³/mol. The summed E-state index contributed by atoms with van der Waals surface area (Å²) in [7, 11) is 2.17. The molecule has 1 N–H and O–H groups in total. The minimum Gasteiger partial charge on any atom is -0.411 e. The van der Waals surface area contributed by atoms with Crippen LogP contribution in [0.25, 0.3) is 0 Å². The third-order valence-corrected chi connectivity index (χ3v) is 4.79. The molecule has 1 aliphatic rings. The minimum absolute atomic E-state index is 0.192. The van der Waals surface area contributed by atoms with Crippen LogP contribution in [-0.4, -0.2) is 22.9 Å². The van der Waals surface area contributed by atoms with Gasteiger partial charge in [-0.1, -0.05) is 72.7 Å². The second-order valence-corrected chi connectivity index (χ2v) is 6.03. The van der Waals surface area contributed by atoms with Gasteiger partial charge in [0.05, 0.1) is 5.71 Å². The lowest BCUT2D eigenvalue weighted by Crippen LogP contribution is -2.42. The molecule has 0 bridgehead atoms. The summed E-state index contributed by atoms with van der Waals surface area (Å²) in [6.07, 6.45) is 0.765. The number of oxime groups is 1. The number of likely N-dealkylation sites (tertiary alicyclic amines) is 1. The van der Waals surface area contributed by atoms with Crippen LogP contribution in [0, 0.1) is 5.92 Å². The van der Waals surface area contributed by atoms with Crippen LogP contribution in [0.15, 0.2) is 65.8 Å². The minimum atomic E-state index is 0.192. The molecule has 2 aromatic rings. The molecule has 0 aliphatic carbocycles. The van der Waals surface area contributed by atoms with Gasteiger partial charge >= 0.3 is 0 Å². The summed E-state index contributed by atoms with van der Waals surface area (Å²) in [5.41, 5.74) is 3.40. The molecule has 114 valence electrons. The van der Waals surface area contributed by atoms with E-state index >= 15 is 0 Å². The van der Waals surface area contributed by atoms with Gasteiger partial charge in [-0.15, -0.1) is 0 Å². The molecule has 22 heavy (non-hydrogen) atoms. The molecule has 1 saturated heterocycles. The van der Waals surface area contributed by atoms with Crippen LogP contribution in [0.4, 0.5) is 0 Å². The van der Waals surface area contributed by atoms with E-state index in [0.29, 0.717) is 0 Å². The van der Waals surface area contributed by atoms with Crippen molar-refractivity contribution < 1.29 is 5.21 Å². The van der Waals surface area contributed by atoms with Gasteiger partial charge in [-0.2, -0.15) is 0 Å². The lowest BCUT2D eigenvalue weighted by molar-refractivity contribution is 0.128. The quantitative estimate of drug-likeness (QED) is 0.663. The van der Waals surface area contributed by atoms with E-state index in [1.165, 1.54) is 11.1 Å². The van der Waals surface area contributed by atoms with E-state index in [9.17, 15) is 5.21 Å². The van der Waals surface area contributed by atoms with Gasteiger partial charge in [-0.25, -0.2) is 0 Å². The maximum Gasteiger partial charge on any atom is 0.0636 e. The SMILES string of the molecule is C[C@@H]1/C(=N/O)C[C@@H](c2ccccc2)N(C)[C@@H]1c1ccccc1. The van der Waals surface area contributed by atoms with Gasteiger partial charge in [0.25, 0.3) is 0 Å². The van der Waals surface area contributed by atoms with E-state index in [4.69, 9.17) is 0 Å². The maximum atomic E-state index is 9.45. The monoisotopic (exact) mass is 294 g/mol. The second-order valence-electron chi connectivity index (χ2n) is 6.03. The van der Waals surface area contributed by atoms with Gasteiger partial charge in [-0.3, -0.25) is 4.90 Å². The largest absolute Gasteiger partial charge is 0.411 e. The molecule has 3 heteroatoms. The smallest absolute Gasteiger partial charge is 0.0636 e. The molecule has 0 spiro atoms. The Hall–Kier alpha value is -2.13. The Morgan fingerprint density at radius 2 is 1.50 bits per heavy atom. The normalized spacial score (nSPS) is 27.9. The average Bonchev–Trinajstić information content (AvgIpc) is 2.57. The van der Waals surface area contributed by atoms with Crippen molar-refractivity contribution in [3.8, 4) is 0 Å². The van der Waals surface area contributed by atoms with Crippen molar-refractivity contribution in [3.63, 3.8) is 0 Å². The van der Waals surface area contributed by atoms with Crippen LogP contribution in [-0.2, 0) is 0 Å². The lowest BCUT2D eigenvalue weighted by atomic mass is 9.80. The molecule has 2 aromatic carbocycles. The molecular formula is C19H22N2O.